The van der Waals surface area contributed by atoms with Crippen LogP contribution in [0.15, 0.2) is 12.1 Å². The Morgan fingerprint density at radius 2 is 1.80 bits per heavy atom. The fraction of sp³-hybridized carbons (Fsp3) is 0.417. The van der Waals surface area contributed by atoms with Crippen LogP contribution in [0.1, 0.15) is 35.6 Å². The minimum Gasteiger partial charge on any atom is -0.480 e. The van der Waals surface area contributed by atoms with Gasteiger partial charge in [-0.1, -0.05) is 0 Å². The number of rotatable bonds is 3. The molecule has 1 rings (SSSR count). The van der Waals surface area contributed by atoms with Gasteiger partial charge in [-0.2, -0.15) is 13.2 Å². The molecule has 2 N–H and O–H groups in total. The molecule has 0 atom stereocenters. The van der Waals surface area contributed by atoms with Crippen molar-refractivity contribution in [2.24, 2.45) is 0 Å². The van der Waals surface area contributed by atoms with Crippen molar-refractivity contribution in [2.75, 3.05) is 0 Å². The molecule has 1 amide bonds. The summed E-state index contributed by atoms with van der Waals surface area (Å²) in [6, 6.07) is 1.65. The molecule has 8 heteroatoms. The number of hydrogen-bond donors (Lipinski definition) is 2. The highest BCUT2D eigenvalue weighted by Gasteiger charge is 2.34. The van der Waals surface area contributed by atoms with Crippen LogP contribution in [-0.2, 0) is 11.0 Å². The Kier molecular flexibility index (Phi) is 4.07. The van der Waals surface area contributed by atoms with Gasteiger partial charge in [-0.15, -0.1) is 0 Å². The quantitative estimate of drug-likeness (QED) is 0.892. The van der Waals surface area contributed by atoms with Crippen LogP contribution >= 0.6 is 0 Å². The molecule has 0 fully saturated rings. The van der Waals surface area contributed by atoms with Crippen molar-refractivity contribution in [3.05, 3.63) is 29.1 Å². The second kappa shape index (κ2) is 5.10. The molecule has 0 aliphatic heterocycles. The van der Waals surface area contributed by atoms with E-state index >= 15 is 0 Å². The molecule has 1 aromatic heterocycles. The first kappa shape index (κ1) is 15.9. The van der Waals surface area contributed by atoms with E-state index < -0.39 is 29.3 Å². The molecular formula is C12H13F3N2O3. The van der Waals surface area contributed by atoms with Crippen LogP contribution in [0.25, 0.3) is 0 Å². The average Bonchev–Trinajstić information content (AvgIpc) is 2.26. The van der Waals surface area contributed by atoms with Crippen molar-refractivity contribution in [1.82, 2.24) is 10.3 Å². The molecule has 5 nitrogen and oxygen atoms in total. The molecule has 0 bridgehead atoms. The first-order valence-corrected chi connectivity index (χ1v) is 5.56. The third-order valence-corrected chi connectivity index (χ3v) is 2.58. The number of carbonyl (C=O) groups is 2. The van der Waals surface area contributed by atoms with E-state index in [4.69, 9.17) is 5.11 Å². The summed E-state index contributed by atoms with van der Waals surface area (Å²) >= 11 is 0. The molecule has 0 aliphatic rings. The molecule has 0 radical (unpaired) electrons. The van der Waals surface area contributed by atoms with Crippen LogP contribution in [0.4, 0.5) is 13.2 Å². The topological polar surface area (TPSA) is 79.3 Å². The Balaban J connectivity index is 3.05. The molecule has 0 saturated carbocycles. The maximum atomic E-state index is 12.4. The first-order chi connectivity index (χ1) is 8.95. The van der Waals surface area contributed by atoms with Crippen molar-refractivity contribution in [1.29, 1.82) is 0 Å². The molecule has 0 spiro atoms. The van der Waals surface area contributed by atoms with Gasteiger partial charge in [0.25, 0.3) is 5.91 Å². The lowest BCUT2D eigenvalue weighted by molar-refractivity contribution is -0.143. The number of nitrogens with zero attached hydrogens (tertiary/aromatic N) is 1. The van der Waals surface area contributed by atoms with Crippen LogP contribution < -0.4 is 5.32 Å². The van der Waals surface area contributed by atoms with Crippen LogP contribution in [0, 0.1) is 6.92 Å². The maximum absolute atomic E-state index is 12.4. The monoisotopic (exact) mass is 290 g/mol. The summed E-state index contributed by atoms with van der Waals surface area (Å²) in [5.41, 5.74) is -2.87. The lowest BCUT2D eigenvalue weighted by atomic mass is 10.0. The summed E-state index contributed by atoms with van der Waals surface area (Å²) < 4.78 is 37.3. The SMILES string of the molecule is Cc1nc(C(F)(F)F)ccc1C(=O)NC(C)(C)C(=O)O. The summed E-state index contributed by atoms with van der Waals surface area (Å²) in [5, 5.41) is 11.1. The van der Waals surface area contributed by atoms with Gasteiger partial charge in [-0.3, -0.25) is 4.79 Å². The first-order valence-electron chi connectivity index (χ1n) is 5.56. The Bertz CT molecular complexity index is 553. The molecule has 0 unspecified atom stereocenters. The highest BCUT2D eigenvalue weighted by molar-refractivity contribution is 5.98. The molecule has 110 valence electrons. The van der Waals surface area contributed by atoms with Crippen LogP contribution in [0.2, 0.25) is 0 Å². The second-order valence-electron chi connectivity index (χ2n) is 4.71. The van der Waals surface area contributed by atoms with E-state index in [1.54, 1.807) is 0 Å². The Hall–Kier alpha value is -2.12. The molecule has 20 heavy (non-hydrogen) atoms. The number of aliphatic carboxylic acids is 1. The van der Waals surface area contributed by atoms with Crippen molar-refractivity contribution < 1.29 is 27.9 Å². The normalized spacial score (nSPS) is 12.1. The average molecular weight is 290 g/mol. The summed E-state index contributed by atoms with van der Waals surface area (Å²) in [7, 11) is 0. The van der Waals surface area contributed by atoms with Crippen molar-refractivity contribution >= 4 is 11.9 Å². The lowest BCUT2D eigenvalue weighted by Gasteiger charge is -2.21. The standard InChI is InChI=1S/C12H13F3N2O3/c1-6-7(4-5-8(16-6)12(13,14)15)9(18)17-11(2,3)10(19)20/h4-5H,1-3H3,(H,17,18)(H,19,20). The third kappa shape index (κ3) is 3.46. The van der Waals surface area contributed by atoms with Gasteiger partial charge in [-0.25, -0.2) is 9.78 Å². The number of halogens is 3. The predicted molar refractivity (Wildman–Crippen MR) is 63.2 cm³/mol. The van der Waals surface area contributed by atoms with Crippen molar-refractivity contribution in [2.45, 2.75) is 32.5 Å². The number of amides is 1. The second-order valence-corrected chi connectivity index (χ2v) is 4.71. The molecule has 0 aliphatic carbocycles. The van der Waals surface area contributed by atoms with Crippen molar-refractivity contribution in [3.8, 4) is 0 Å². The van der Waals surface area contributed by atoms with Gasteiger partial charge >= 0.3 is 12.1 Å². The van der Waals surface area contributed by atoms with Gasteiger partial charge in [0.1, 0.15) is 11.2 Å². The van der Waals surface area contributed by atoms with E-state index in [1.807, 2.05) is 0 Å². The Morgan fingerprint density at radius 3 is 2.20 bits per heavy atom. The number of pyridine rings is 1. The molecule has 1 aromatic rings. The molecular weight excluding hydrogens is 277 g/mol. The van der Waals surface area contributed by atoms with E-state index in [0.717, 1.165) is 6.07 Å². The number of aryl methyl sites for hydroxylation is 1. The molecule has 0 aromatic carbocycles. The fourth-order valence-corrected chi connectivity index (χ4v) is 1.36. The van der Waals surface area contributed by atoms with E-state index in [0.29, 0.717) is 6.07 Å². The van der Waals surface area contributed by atoms with Gasteiger partial charge in [-0.05, 0) is 32.9 Å². The number of hydrogen-bond acceptors (Lipinski definition) is 3. The smallest absolute Gasteiger partial charge is 0.433 e. The van der Waals surface area contributed by atoms with E-state index in [2.05, 4.69) is 10.3 Å². The number of alkyl halides is 3. The van der Waals surface area contributed by atoms with E-state index in [-0.39, 0.29) is 11.3 Å². The van der Waals surface area contributed by atoms with Gasteiger partial charge in [0.15, 0.2) is 0 Å². The summed E-state index contributed by atoms with van der Waals surface area (Å²) in [4.78, 5) is 26.0. The largest absolute Gasteiger partial charge is 0.480 e. The zero-order valence-corrected chi connectivity index (χ0v) is 11.0. The molecule has 0 saturated heterocycles. The summed E-state index contributed by atoms with van der Waals surface area (Å²) in [6.07, 6.45) is -4.60. The zero-order valence-electron chi connectivity index (χ0n) is 11.0. The van der Waals surface area contributed by atoms with Crippen LogP contribution in [0.3, 0.4) is 0 Å². The zero-order chi connectivity index (χ0) is 15.7. The predicted octanol–water partition coefficient (Wildman–Crippen LogP) is 2.00. The fourth-order valence-electron chi connectivity index (χ4n) is 1.36. The minimum atomic E-state index is -4.60. The van der Waals surface area contributed by atoms with Crippen LogP contribution in [0.5, 0.6) is 0 Å². The van der Waals surface area contributed by atoms with Crippen LogP contribution in [-0.4, -0.2) is 27.5 Å². The van der Waals surface area contributed by atoms with Gasteiger partial charge in [0, 0.05) is 0 Å². The van der Waals surface area contributed by atoms with Gasteiger partial charge < -0.3 is 10.4 Å². The number of carboxylic acids is 1. The number of aromatic nitrogens is 1. The van der Waals surface area contributed by atoms with E-state index in [9.17, 15) is 22.8 Å². The number of nitrogens with one attached hydrogen (secondary N) is 1. The Labute approximate surface area is 112 Å². The van der Waals surface area contributed by atoms with E-state index in [1.165, 1.54) is 20.8 Å². The lowest BCUT2D eigenvalue weighted by Crippen LogP contribution is -2.49. The highest BCUT2D eigenvalue weighted by Crippen LogP contribution is 2.28. The number of carboxylic acid groups (broad SMARTS) is 1. The van der Waals surface area contributed by atoms with Gasteiger partial charge in [0.05, 0.1) is 11.3 Å². The molecule has 1 heterocycles. The minimum absolute atomic E-state index is 0.104. The highest BCUT2D eigenvalue weighted by atomic mass is 19.4. The third-order valence-electron chi connectivity index (χ3n) is 2.58. The Morgan fingerprint density at radius 1 is 1.25 bits per heavy atom. The number of carbonyl (C=O) groups excluding carboxylic acids is 1. The van der Waals surface area contributed by atoms with Crippen molar-refractivity contribution in [3.63, 3.8) is 0 Å². The van der Waals surface area contributed by atoms with Gasteiger partial charge in [0.2, 0.25) is 0 Å². The maximum Gasteiger partial charge on any atom is 0.433 e. The summed E-state index contributed by atoms with van der Waals surface area (Å²) in [5.74, 6) is -2.06. The summed E-state index contributed by atoms with van der Waals surface area (Å²) in [6.45, 7) is 3.78.